The maximum absolute atomic E-state index is 10.2. The van der Waals surface area contributed by atoms with Gasteiger partial charge >= 0.3 is 5.97 Å². The number of unbranched alkanes of at least 4 members (excludes halogenated alkanes) is 7. The summed E-state index contributed by atoms with van der Waals surface area (Å²) in [6, 6.07) is 0. The van der Waals surface area contributed by atoms with Gasteiger partial charge in [-0.2, -0.15) is 0 Å². The molecule has 6 nitrogen and oxygen atoms in total. The molecule has 0 saturated heterocycles. The third kappa shape index (κ3) is 15.3. The van der Waals surface area contributed by atoms with Crippen molar-refractivity contribution in [3.63, 3.8) is 0 Å². The molecule has 0 aromatic rings. The summed E-state index contributed by atoms with van der Waals surface area (Å²) in [4.78, 5) is 14.6. The van der Waals surface area contributed by atoms with Crippen LogP contribution >= 0.6 is 0 Å². The number of rotatable bonds is 12. The molecule has 0 spiro atoms. The SMILES string of the molecule is O=C(O)CCCCCCCCCCON(O)O. The molecule has 0 atom stereocenters. The molecule has 6 heteroatoms. The van der Waals surface area contributed by atoms with Gasteiger partial charge in [-0.15, -0.1) is 0 Å². The van der Waals surface area contributed by atoms with Crippen LogP contribution in [0.5, 0.6) is 0 Å². The van der Waals surface area contributed by atoms with Gasteiger partial charge in [-0.05, 0) is 12.8 Å². The smallest absolute Gasteiger partial charge is 0.303 e. The van der Waals surface area contributed by atoms with Crippen LogP contribution in [0.4, 0.5) is 0 Å². The van der Waals surface area contributed by atoms with Crippen LogP contribution in [0.15, 0.2) is 0 Å². The zero-order valence-electron chi connectivity index (χ0n) is 10.2. The topological polar surface area (TPSA) is 90.2 Å². The fraction of sp³-hybridized carbons (Fsp3) is 0.909. The van der Waals surface area contributed by atoms with Crippen molar-refractivity contribution in [1.82, 2.24) is 5.39 Å². The van der Waals surface area contributed by atoms with E-state index in [9.17, 15) is 4.79 Å². The molecule has 0 aliphatic rings. The Morgan fingerprint density at radius 3 is 1.82 bits per heavy atom. The van der Waals surface area contributed by atoms with Crippen molar-refractivity contribution in [1.29, 1.82) is 0 Å². The van der Waals surface area contributed by atoms with Crippen molar-refractivity contribution in [3.8, 4) is 0 Å². The third-order valence-corrected chi connectivity index (χ3v) is 2.49. The third-order valence-electron chi connectivity index (χ3n) is 2.49. The number of hydrogen-bond acceptors (Lipinski definition) is 5. The second-order valence-electron chi connectivity index (χ2n) is 4.06. The largest absolute Gasteiger partial charge is 0.481 e. The Hall–Kier alpha value is -0.690. The molecular formula is C11H23NO5. The van der Waals surface area contributed by atoms with Crippen molar-refractivity contribution in [2.75, 3.05) is 6.61 Å². The summed E-state index contributed by atoms with van der Waals surface area (Å²) in [6.07, 6.45) is 8.28. The fourth-order valence-corrected chi connectivity index (χ4v) is 1.59. The minimum absolute atomic E-state index is 0.261. The van der Waals surface area contributed by atoms with E-state index < -0.39 is 5.97 Å². The molecule has 0 amide bonds. The number of hydrogen-bond donors (Lipinski definition) is 3. The second-order valence-corrected chi connectivity index (χ2v) is 4.06. The molecule has 0 aliphatic heterocycles. The molecule has 3 N–H and O–H groups in total. The molecule has 102 valence electrons. The van der Waals surface area contributed by atoms with Crippen molar-refractivity contribution in [2.45, 2.75) is 57.8 Å². The molecule has 0 aromatic carbocycles. The van der Waals surface area contributed by atoms with E-state index in [4.69, 9.17) is 15.5 Å². The monoisotopic (exact) mass is 249 g/mol. The predicted molar refractivity (Wildman–Crippen MR) is 60.6 cm³/mol. The van der Waals surface area contributed by atoms with Crippen LogP contribution in [-0.2, 0) is 9.63 Å². The zero-order chi connectivity index (χ0) is 12.9. The van der Waals surface area contributed by atoms with Crippen molar-refractivity contribution in [2.24, 2.45) is 0 Å². The summed E-state index contributed by atoms with van der Waals surface area (Å²) >= 11 is 0. The van der Waals surface area contributed by atoms with Gasteiger partial charge in [0, 0.05) is 6.42 Å². The Labute approximate surface area is 102 Å². The average molecular weight is 249 g/mol. The molecule has 0 aromatic heterocycles. The van der Waals surface area contributed by atoms with E-state index in [0.29, 0.717) is 6.61 Å². The van der Waals surface area contributed by atoms with Crippen LogP contribution in [0, 0.1) is 0 Å². The summed E-state index contributed by atoms with van der Waals surface area (Å²) in [5.74, 6) is -0.716. The number of carboxylic acids is 1. The Morgan fingerprint density at radius 2 is 1.35 bits per heavy atom. The first-order chi connectivity index (χ1) is 8.13. The molecule has 0 radical (unpaired) electrons. The first-order valence-electron chi connectivity index (χ1n) is 6.15. The van der Waals surface area contributed by atoms with Crippen molar-refractivity contribution >= 4 is 5.97 Å². The van der Waals surface area contributed by atoms with Gasteiger partial charge in [0.15, 0.2) is 0 Å². The molecule has 17 heavy (non-hydrogen) atoms. The van der Waals surface area contributed by atoms with E-state index in [2.05, 4.69) is 4.84 Å². The number of aliphatic carboxylic acids is 1. The number of nitrogens with zero attached hydrogens (tertiary/aromatic N) is 1. The van der Waals surface area contributed by atoms with E-state index in [0.717, 1.165) is 51.4 Å². The number of carboxylic acid groups (broad SMARTS) is 1. The predicted octanol–water partition coefficient (Wildman–Crippen LogP) is 2.59. The molecule has 0 heterocycles. The lowest BCUT2D eigenvalue weighted by Crippen LogP contribution is -2.14. The lowest BCUT2D eigenvalue weighted by atomic mass is 10.1. The molecular weight excluding hydrogens is 226 g/mol. The first-order valence-corrected chi connectivity index (χ1v) is 6.15. The van der Waals surface area contributed by atoms with E-state index >= 15 is 0 Å². The van der Waals surface area contributed by atoms with Gasteiger partial charge in [0.05, 0.1) is 12.0 Å². The molecule has 0 bridgehead atoms. The van der Waals surface area contributed by atoms with E-state index in [-0.39, 0.29) is 11.8 Å². The normalized spacial score (nSPS) is 11.0. The summed E-state index contributed by atoms with van der Waals surface area (Å²) in [6.45, 7) is 0.311. The van der Waals surface area contributed by atoms with Gasteiger partial charge in [-0.1, -0.05) is 38.5 Å². The highest BCUT2D eigenvalue weighted by atomic mass is 17.1. The van der Waals surface area contributed by atoms with Gasteiger partial charge in [0.25, 0.3) is 0 Å². The highest BCUT2D eigenvalue weighted by molar-refractivity contribution is 5.66. The van der Waals surface area contributed by atoms with Crippen molar-refractivity contribution in [3.05, 3.63) is 0 Å². The lowest BCUT2D eigenvalue weighted by Gasteiger charge is -2.05. The van der Waals surface area contributed by atoms with Gasteiger partial charge in [-0.3, -0.25) is 20.0 Å². The molecule has 0 rings (SSSR count). The van der Waals surface area contributed by atoms with Gasteiger partial charge in [0.2, 0.25) is 0 Å². The quantitative estimate of drug-likeness (QED) is 0.364. The van der Waals surface area contributed by atoms with Crippen molar-refractivity contribution < 1.29 is 25.2 Å². The highest BCUT2D eigenvalue weighted by Gasteiger charge is 1.97. The van der Waals surface area contributed by atoms with Crippen LogP contribution < -0.4 is 0 Å². The zero-order valence-corrected chi connectivity index (χ0v) is 10.2. The Bertz CT molecular complexity index is 187. The second kappa shape index (κ2) is 11.8. The fourth-order valence-electron chi connectivity index (χ4n) is 1.59. The van der Waals surface area contributed by atoms with Crippen LogP contribution in [0.1, 0.15) is 57.8 Å². The average Bonchev–Trinajstić information content (AvgIpc) is 2.25. The minimum Gasteiger partial charge on any atom is -0.481 e. The maximum atomic E-state index is 10.2. The van der Waals surface area contributed by atoms with E-state index in [1.165, 1.54) is 0 Å². The molecule has 0 fully saturated rings. The highest BCUT2D eigenvalue weighted by Crippen LogP contribution is 2.09. The van der Waals surface area contributed by atoms with Crippen LogP contribution in [-0.4, -0.2) is 33.5 Å². The summed E-state index contributed by atoms with van der Waals surface area (Å²) in [7, 11) is 0. The van der Waals surface area contributed by atoms with E-state index in [1.807, 2.05) is 0 Å². The molecule has 0 aliphatic carbocycles. The Morgan fingerprint density at radius 1 is 0.882 bits per heavy atom. The summed E-state index contributed by atoms with van der Waals surface area (Å²) in [5, 5.41) is 24.6. The lowest BCUT2D eigenvalue weighted by molar-refractivity contribution is -0.492. The van der Waals surface area contributed by atoms with Crippen LogP contribution in [0.2, 0.25) is 0 Å². The van der Waals surface area contributed by atoms with Crippen LogP contribution in [0.25, 0.3) is 0 Å². The number of carbonyl (C=O) groups is 1. The molecule has 0 saturated carbocycles. The Kier molecular flexibility index (Phi) is 11.3. The summed E-state index contributed by atoms with van der Waals surface area (Å²) < 4.78 is 0. The molecule has 0 unspecified atom stereocenters. The van der Waals surface area contributed by atoms with Crippen LogP contribution in [0.3, 0.4) is 0 Å². The first kappa shape index (κ1) is 16.3. The minimum atomic E-state index is -0.716. The van der Waals surface area contributed by atoms with E-state index in [1.54, 1.807) is 0 Å². The van der Waals surface area contributed by atoms with Gasteiger partial charge in [-0.25, -0.2) is 0 Å². The van der Waals surface area contributed by atoms with Gasteiger partial charge < -0.3 is 5.11 Å². The van der Waals surface area contributed by atoms with Gasteiger partial charge in [0.1, 0.15) is 0 Å². The summed E-state index contributed by atoms with van der Waals surface area (Å²) in [5.41, 5.74) is 0. The standard InChI is InChI=1S/C11H23NO5/c13-11(14)9-7-5-3-1-2-4-6-8-10-17-12(15)16/h15-16H,1-10H2,(H,13,14). The maximum Gasteiger partial charge on any atom is 0.303 e. The Balaban J connectivity index is 2.96.